The number of benzene rings is 1. The molecule has 9 heteroatoms. The summed E-state index contributed by atoms with van der Waals surface area (Å²) < 4.78 is 32.6. The van der Waals surface area contributed by atoms with E-state index in [4.69, 9.17) is 4.74 Å². The van der Waals surface area contributed by atoms with E-state index in [1.54, 1.807) is 11.3 Å². The molecule has 0 radical (unpaired) electrons. The Morgan fingerprint density at radius 3 is 2.80 bits per heavy atom. The zero-order chi connectivity index (χ0) is 20.9. The fourth-order valence-electron chi connectivity index (χ4n) is 4.04. The molecule has 0 aliphatic carbocycles. The van der Waals surface area contributed by atoms with E-state index in [1.165, 1.54) is 17.0 Å². The highest BCUT2D eigenvalue weighted by Crippen LogP contribution is 2.26. The van der Waals surface area contributed by atoms with Gasteiger partial charge in [-0.15, -0.1) is 11.3 Å². The zero-order valence-corrected chi connectivity index (χ0v) is 17.5. The maximum atomic E-state index is 14.0. The first-order valence-corrected chi connectivity index (χ1v) is 11.1. The molecular weight excluding hydrogens is 410 g/mol. The number of nitrogens with one attached hydrogen (secondary N) is 2. The molecule has 4 rings (SSSR count). The zero-order valence-electron chi connectivity index (χ0n) is 16.7. The van der Waals surface area contributed by atoms with Crippen molar-refractivity contribution in [2.75, 3.05) is 50.8 Å². The molecule has 2 unspecified atom stereocenters. The van der Waals surface area contributed by atoms with E-state index in [1.807, 2.05) is 16.3 Å². The molecule has 2 saturated heterocycles. The van der Waals surface area contributed by atoms with Crippen LogP contribution in [0, 0.1) is 11.6 Å². The molecule has 2 aliphatic heterocycles. The second-order valence-electron chi connectivity index (χ2n) is 7.56. The normalized spacial score (nSPS) is 20.9. The minimum absolute atomic E-state index is 0.0852. The summed E-state index contributed by atoms with van der Waals surface area (Å²) in [5.74, 6) is -1.17. The lowest BCUT2D eigenvalue weighted by Crippen LogP contribution is -2.48. The minimum Gasteiger partial charge on any atom is -0.379 e. The Hall–Kier alpha value is -2.23. The third-order valence-electron chi connectivity index (χ3n) is 5.59. The van der Waals surface area contributed by atoms with Crippen LogP contribution in [0.4, 0.5) is 19.3 Å². The molecule has 0 bridgehead atoms. The molecule has 2 amide bonds. The maximum absolute atomic E-state index is 14.0. The van der Waals surface area contributed by atoms with Crippen molar-refractivity contribution in [3.05, 3.63) is 52.2 Å². The van der Waals surface area contributed by atoms with Crippen molar-refractivity contribution in [2.24, 2.45) is 0 Å². The summed E-state index contributed by atoms with van der Waals surface area (Å²) in [5, 5.41) is 8.03. The molecule has 3 heterocycles. The number of ether oxygens (including phenoxy) is 1. The van der Waals surface area contributed by atoms with E-state index >= 15 is 0 Å². The monoisotopic (exact) mass is 436 g/mol. The van der Waals surface area contributed by atoms with Crippen LogP contribution in [0.5, 0.6) is 0 Å². The Morgan fingerprint density at radius 1 is 1.23 bits per heavy atom. The average Bonchev–Trinajstić information content (AvgIpc) is 3.42. The number of urea groups is 1. The van der Waals surface area contributed by atoms with E-state index in [0.29, 0.717) is 45.0 Å². The van der Waals surface area contributed by atoms with E-state index in [-0.39, 0.29) is 18.1 Å². The fraction of sp³-hybridized carbons (Fsp3) is 0.476. The lowest BCUT2D eigenvalue weighted by molar-refractivity contribution is 0.0174. The van der Waals surface area contributed by atoms with Crippen molar-refractivity contribution in [3.8, 4) is 0 Å². The third-order valence-corrected chi connectivity index (χ3v) is 6.56. The molecule has 2 N–H and O–H groups in total. The molecule has 2 atom stereocenters. The molecule has 162 valence electrons. The second-order valence-corrected chi connectivity index (χ2v) is 8.54. The lowest BCUT2D eigenvalue weighted by Gasteiger charge is -2.34. The van der Waals surface area contributed by atoms with E-state index < -0.39 is 11.6 Å². The first-order chi connectivity index (χ1) is 14.6. The molecule has 0 spiro atoms. The van der Waals surface area contributed by atoms with Gasteiger partial charge in [0.05, 0.1) is 24.9 Å². The molecule has 0 saturated carbocycles. The number of halogens is 2. The molecule has 1 aromatic heterocycles. The van der Waals surface area contributed by atoms with Gasteiger partial charge < -0.3 is 20.3 Å². The largest absolute Gasteiger partial charge is 0.379 e. The highest BCUT2D eigenvalue weighted by molar-refractivity contribution is 7.10. The Kier molecular flexibility index (Phi) is 6.81. The number of hydrogen-bond donors (Lipinski definition) is 2. The second kappa shape index (κ2) is 9.72. The van der Waals surface area contributed by atoms with Gasteiger partial charge >= 0.3 is 6.03 Å². The maximum Gasteiger partial charge on any atom is 0.315 e. The van der Waals surface area contributed by atoms with Gasteiger partial charge in [-0.05, 0) is 30.0 Å². The van der Waals surface area contributed by atoms with Gasteiger partial charge in [-0.2, -0.15) is 0 Å². The molecular formula is C21H26F2N4O2S. The summed E-state index contributed by atoms with van der Waals surface area (Å²) in [4.78, 5) is 17.9. The number of carbonyl (C=O) groups is 1. The molecule has 1 aromatic carbocycles. The summed E-state index contributed by atoms with van der Waals surface area (Å²) in [6.07, 6.45) is 0.710. The van der Waals surface area contributed by atoms with Gasteiger partial charge in [0.1, 0.15) is 11.6 Å². The summed E-state index contributed by atoms with van der Waals surface area (Å²) in [7, 11) is 0. The number of anilines is 1. The minimum atomic E-state index is -0.593. The highest BCUT2D eigenvalue weighted by atomic mass is 32.1. The van der Waals surface area contributed by atoms with Crippen molar-refractivity contribution in [1.29, 1.82) is 0 Å². The van der Waals surface area contributed by atoms with Crippen LogP contribution < -0.4 is 15.5 Å². The molecule has 2 aromatic rings. The van der Waals surface area contributed by atoms with Gasteiger partial charge in [0, 0.05) is 49.7 Å². The summed E-state index contributed by atoms with van der Waals surface area (Å²) in [6, 6.07) is 7.51. The average molecular weight is 437 g/mol. The SMILES string of the molecule is O=C(NCC(c1cccs1)N1CCOCC1)NC1CCN(c2ccc(F)cc2F)C1. The number of thiophene rings is 1. The molecule has 2 fully saturated rings. The quantitative estimate of drug-likeness (QED) is 0.731. The van der Waals surface area contributed by atoms with Crippen molar-refractivity contribution < 1.29 is 18.3 Å². The third kappa shape index (κ3) is 5.08. The number of rotatable bonds is 6. The number of amides is 2. The van der Waals surface area contributed by atoms with Gasteiger partial charge in [-0.3, -0.25) is 4.90 Å². The Labute approximate surface area is 178 Å². The van der Waals surface area contributed by atoms with Crippen LogP contribution in [0.2, 0.25) is 0 Å². The van der Waals surface area contributed by atoms with E-state index in [0.717, 1.165) is 19.2 Å². The molecule has 30 heavy (non-hydrogen) atoms. The Balaban J connectivity index is 1.29. The van der Waals surface area contributed by atoms with Gasteiger partial charge in [0.2, 0.25) is 0 Å². The Bertz CT molecular complexity index is 846. The number of carbonyl (C=O) groups excluding carboxylic acids is 1. The van der Waals surface area contributed by atoms with Gasteiger partial charge in [-0.1, -0.05) is 6.07 Å². The first-order valence-electron chi connectivity index (χ1n) is 10.2. The smallest absolute Gasteiger partial charge is 0.315 e. The Morgan fingerprint density at radius 2 is 2.07 bits per heavy atom. The number of nitrogens with zero attached hydrogens (tertiary/aromatic N) is 2. The van der Waals surface area contributed by atoms with Crippen LogP contribution in [0.15, 0.2) is 35.7 Å². The number of hydrogen-bond acceptors (Lipinski definition) is 5. The van der Waals surface area contributed by atoms with Crippen molar-refractivity contribution in [1.82, 2.24) is 15.5 Å². The van der Waals surface area contributed by atoms with Crippen LogP contribution in [0.3, 0.4) is 0 Å². The van der Waals surface area contributed by atoms with Gasteiger partial charge in [0.25, 0.3) is 0 Å². The van der Waals surface area contributed by atoms with Crippen molar-refractivity contribution in [3.63, 3.8) is 0 Å². The van der Waals surface area contributed by atoms with Gasteiger partial charge in [0.15, 0.2) is 0 Å². The van der Waals surface area contributed by atoms with Crippen LogP contribution in [0.1, 0.15) is 17.3 Å². The fourth-order valence-corrected chi connectivity index (χ4v) is 4.90. The summed E-state index contributed by atoms with van der Waals surface area (Å²) >= 11 is 1.69. The predicted molar refractivity (Wildman–Crippen MR) is 113 cm³/mol. The topological polar surface area (TPSA) is 56.8 Å². The van der Waals surface area contributed by atoms with Crippen molar-refractivity contribution >= 4 is 23.1 Å². The lowest BCUT2D eigenvalue weighted by atomic mass is 10.2. The van der Waals surface area contributed by atoms with E-state index in [2.05, 4.69) is 21.6 Å². The highest BCUT2D eigenvalue weighted by Gasteiger charge is 2.27. The van der Waals surface area contributed by atoms with Crippen LogP contribution >= 0.6 is 11.3 Å². The summed E-state index contributed by atoms with van der Waals surface area (Å²) in [5.41, 5.74) is 0.367. The van der Waals surface area contributed by atoms with Crippen LogP contribution in [0.25, 0.3) is 0 Å². The van der Waals surface area contributed by atoms with Crippen molar-refractivity contribution in [2.45, 2.75) is 18.5 Å². The molecule has 6 nitrogen and oxygen atoms in total. The summed E-state index contributed by atoms with van der Waals surface area (Å²) in [6.45, 7) is 4.69. The standard InChI is InChI=1S/C21H26F2N4O2S/c22-15-3-4-18(17(23)12-15)27-6-5-16(14-27)25-21(28)24-13-19(20-2-1-11-30-20)26-7-9-29-10-8-26/h1-4,11-12,16,19H,5-10,13-14H2,(H2,24,25,28). The van der Waals surface area contributed by atoms with E-state index in [9.17, 15) is 13.6 Å². The predicted octanol–water partition coefficient (Wildman–Crippen LogP) is 2.98. The molecule has 2 aliphatic rings. The van der Waals surface area contributed by atoms with Crippen LogP contribution in [-0.2, 0) is 4.74 Å². The van der Waals surface area contributed by atoms with Gasteiger partial charge in [-0.25, -0.2) is 13.6 Å². The first kappa shape index (κ1) is 21.0. The van der Waals surface area contributed by atoms with Crippen LogP contribution in [-0.4, -0.2) is 62.9 Å². The number of morpholine rings is 1.